The molecule has 1 unspecified atom stereocenters. The van der Waals surface area contributed by atoms with Crippen LogP contribution in [0.15, 0.2) is 71.6 Å². The second kappa shape index (κ2) is 13.5. The van der Waals surface area contributed by atoms with E-state index in [9.17, 15) is 18.0 Å². The summed E-state index contributed by atoms with van der Waals surface area (Å²) < 4.78 is 28.9. The van der Waals surface area contributed by atoms with Crippen molar-refractivity contribution in [1.29, 1.82) is 0 Å². The first-order valence-electron chi connectivity index (χ1n) is 13.0. The van der Waals surface area contributed by atoms with Gasteiger partial charge < -0.3 is 10.2 Å². The number of rotatable bonds is 11. The zero-order valence-electron chi connectivity index (χ0n) is 23.3. The van der Waals surface area contributed by atoms with Crippen LogP contribution in [0.1, 0.15) is 37.5 Å². The van der Waals surface area contributed by atoms with Crippen molar-refractivity contribution in [2.24, 2.45) is 5.92 Å². The number of carbonyl (C=O) groups excluding carboxylic acids is 2. The van der Waals surface area contributed by atoms with Crippen molar-refractivity contribution in [3.05, 3.63) is 93.5 Å². The number of anilines is 1. The summed E-state index contributed by atoms with van der Waals surface area (Å²) in [7, 11) is -4.13. The van der Waals surface area contributed by atoms with Gasteiger partial charge in [-0.1, -0.05) is 72.9 Å². The Kier molecular flexibility index (Phi) is 10.6. The Morgan fingerprint density at radius 1 is 0.900 bits per heavy atom. The summed E-state index contributed by atoms with van der Waals surface area (Å²) in [4.78, 5) is 28.5. The highest BCUT2D eigenvalue weighted by Gasteiger charge is 2.33. The number of sulfonamides is 1. The van der Waals surface area contributed by atoms with Gasteiger partial charge in [0, 0.05) is 23.1 Å². The molecule has 214 valence electrons. The largest absolute Gasteiger partial charge is 0.354 e. The zero-order chi connectivity index (χ0) is 29.6. The number of nitrogens with zero attached hydrogens (tertiary/aromatic N) is 2. The van der Waals surface area contributed by atoms with Gasteiger partial charge in [0.2, 0.25) is 11.8 Å². The molecule has 3 aromatic rings. The SMILES string of the molecule is Cc1ccc(S(=O)(=O)N(CC(=O)N(Cc2ccc(Cl)cc2Cl)C(C)C(=O)NCC(C)C)c2cccc(C)c2)cc1. The average Bonchev–Trinajstić information content (AvgIpc) is 2.89. The van der Waals surface area contributed by atoms with Gasteiger partial charge >= 0.3 is 0 Å². The number of hydrogen-bond acceptors (Lipinski definition) is 4. The van der Waals surface area contributed by atoms with Gasteiger partial charge in [0.05, 0.1) is 10.6 Å². The number of amides is 2. The number of hydrogen-bond donors (Lipinski definition) is 1. The summed E-state index contributed by atoms with van der Waals surface area (Å²) in [5, 5.41) is 3.63. The van der Waals surface area contributed by atoms with Crippen LogP contribution in [0.3, 0.4) is 0 Å². The lowest BCUT2D eigenvalue weighted by atomic mass is 10.1. The van der Waals surface area contributed by atoms with E-state index in [1.54, 1.807) is 55.5 Å². The minimum absolute atomic E-state index is 0.0165. The molecular formula is C30H35Cl2N3O4S. The highest BCUT2D eigenvalue weighted by molar-refractivity contribution is 7.92. The van der Waals surface area contributed by atoms with Gasteiger partial charge in [-0.05, 0) is 74.2 Å². The fraction of sp³-hybridized carbons (Fsp3) is 0.333. The molecule has 7 nitrogen and oxygen atoms in total. The van der Waals surface area contributed by atoms with Crippen LogP contribution in [-0.2, 0) is 26.2 Å². The van der Waals surface area contributed by atoms with E-state index in [-0.39, 0.29) is 23.3 Å². The molecule has 2 amide bonds. The average molecular weight is 605 g/mol. The van der Waals surface area contributed by atoms with Gasteiger partial charge in [-0.3, -0.25) is 13.9 Å². The fourth-order valence-electron chi connectivity index (χ4n) is 4.02. The van der Waals surface area contributed by atoms with Gasteiger partial charge in [-0.25, -0.2) is 8.42 Å². The van der Waals surface area contributed by atoms with Gasteiger partial charge in [0.1, 0.15) is 12.6 Å². The number of benzene rings is 3. The van der Waals surface area contributed by atoms with Crippen molar-refractivity contribution in [2.75, 3.05) is 17.4 Å². The van der Waals surface area contributed by atoms with Gasteiger partial charge in [-0.2, -0.15) is 0 Å². The van der Waals surface area contributed by atoms with Crippen LogP contribution in [-0.4, -0.2) is 44.3 Å². The van der Waals surface area contributed by atoms with Crippen LogP contribution >= 0.6 is 23.2 Å². The van der Waals surface area contributed by atoms with E-state index in [1.807, 2.05) is 33.8 Å². The Hall–Kier alpha value is -3.07. The van der Waals surface area contributed by atoms with Crippen LogP contribution in [0.5, 0.6) is 0 Å². The highest BCUT2D eigenvalue weighted by Crippen LogP contribution is 2.27. The van der Waals surface area contributed by atoms with Crippen molar-refractivity contribution in [3.63, 3.8) is 0 Å². The summed E-state index contributed by atoms with van der Waals surface area (Å²) in [6, 6.07) is 17.4. The van der Waals surface area contributed by atoms with Gasteiger partial charge in [0.25, 0.3) is 10.0 Å². The van der Waals surface area contributed by atoms with E-state index in [4.69, 9.17) is 23.2 Å². The third kappa shape index (κ3) is 7.99. The van der Waals surface area contributed by atoms with E-state index in [2.05, 4.69) is 5.32 Å². The van der Waals surface area contributed by atoms with E-state index in [1.165, 1.54) is 17.0 Å². The lowest BCUT2D eigenvalue weighted by molar-refractivity contribution is -0.139. The molecule has 0 fully saturated rings. The van der Waals surface area contributed by atoms with Crippen LogP contribution in [0.2, 0.25) is 10.0 Å². The lowest BCUT2D eigenvalue weighted by Gasteiger charge is -2.32. The Bertz CT molecular complexity index is 1460. The minimum atomic E-state index is -4.13. The fourth-order valence-corrected chi connectivity index (χ4v) is 5.89. The molecule has 3 aromatic carbocycles. The van der Waals surface area contributed by atoms with Gasteiger partial charge in [0.15, 0.2) is 0 Å². The maximum Gasteiger partial charge on any atom is 0.264 e. The van der Waals surface area contributed by atoms with Crippen molar-refractivity contribution in [1.82, 2.24) is 10.2 Å². The molecule has 0 saturated heterocycles. The maximum atomic E-state index is 14.0. The van der Waals surface area contributed by atoms with Crippen LogP contribution in [0.4, 0.5) is 5.69 Å². The molecule has 0 aromatic heterocycles. The van der Waals surface area contributed by atoms with E-state index < -0.39 is 28.5 Å². The first kappa shape index (κ1) is 31.5. The van der Waals surface area contributed by atoms with Crippen molar-refractivity contribution >= 4 is 50.7 Å². The Labute approximate surface area is 247 Å². The third-order valence-electron chi connectivity index (χ3n) is 6.39. The number of carbonyl (C=O) groups is 2. The zero-order valence-corrected chi connectivity index (χ0v) is 25.6. The molecule has 0 bridgehead atoms. The number of nitrogens with one attached hydrogen (secondary N) is 1. The quantitative estimate of drug-likeness (QED) is 0.291. The standard InChI is InChI=1S/C30H35Cl2N3O4S/c1-20(2)17-33-30(37)23(5)34(18-24-11-12-25(31)16-28(24)32)29(36)19-35(26-8-6-7-22(4)15-26)40(38,39)27-13-9-21(3)10-14-27/h6-16,20,23H,17-19H2,1-5H3,(H,33,37). The monoisotopic (exact) mass is 603 g/mol. The Morgan fingerprint density at radius 2 is 1.57 bits per heavy atom. The molecule has 0 aliphatic heterocycles. The normalized spacial score (nSPS) is 12.2. The molecule has 0 radical (unpaired) electrons. The minimum Gasteiger partial charge on any atom is -0.354 e. The van der Waals surface area contributed by atoms with Gasteiger partial charge in [-0.15, -0.1) is 0 Å². The molecule has 1 N–H and O–H groups in total. The molecule has 0 aliphatic carbocycles. The third-order valence-corrected chi connectivity index (χ3v) is 8.76. The Balaban J connectivity index is 2.04. The summed E-state index contributed by atoms with van der Waals surface area (Å²) in [5.41, 5.74) is 2.66. The molecule has 3 rings (SSSR count). The molecule has 40 heavy (non-hydrogen) atoms. The predicted molar refractivity (Wildman–Crippen MR) is 161 cm³/mol. The lowest BCUT2D eigenvalue weighted by Crippen LogP contribution is -2.51. The van der Waals surface area contributed by atoms with Crippen molar-refractivity contribution < 1.29 is 18.0 Å². The van der Waals surface area contributed by atoms with Crippen molar-refractivity contribution in [2.45, 2.75) is 52.1 Å². The number of aryl methyl sites for hydroxylation is 2. The predicted octanol–water partition coefficient (Wildman–Crippen LogP) is 6.00. The Morgan fingerprint density at radius 3 is 2.17 bits per heavy atom. The molecular weight excluding hydrogens is 569 g/mol. The van der Waals surface area contributed by atoms with Crippen LogP contribution in [0.25, 0.3) is 0 Å². The molecule has 10 heteroatoms. The van der Waals surface area contributed by atoms with Crippen LogP contribution in [0, 0.1) is 19.8 Å². The molecule has 1 atom stereocenters. The summed E-state index contributed by atoms with van der Waals surface area (Å²) in [6.45, 7) is 9.16. The second-order valence-corrected chi connectivity index (χ2v) is 12.9. The van der Waals surface area contributed by atoms with Crippen LogP contribution < -0.4 is 9.62 Å². The summed E-state index contributed by atoms with van der Waals surface area (Å²) in [5.74, 6) is -0.700. The van der Waals surface area contributed by atoms with Crippen molar-refractivity contribution in [3.8, 4) is 0 Å². The molecule has 0 spiro atoms. The smallest absolute Gasteiger partial charge is 0.264 e. The summed E-state index contributed by atoms with van der Waals surface area (Å²) in [6.07, 6.45) is 0. The molecule has 0 heterocycles. The highest BCUT2D eigenvalue weighted by atomic mass is 35.5. The first-order valence-corrected chi connectivity index (χ1v) is 15.2. The summed E-state index contributed by atoms with van der Waals surface area (Å²) >= 11 is 12.5. The number of halogens is 2. The van der Waals surface area contributed by atoms with E-state index >= 15 is 0 Å². The second-order valence-electron chi connectivity index (χ2n) is 10.2. The first-order chi connectivity index (χ1) is 18.8. The van der Waals surface area contributed by atoms with E-state index in [0.29, 0.717) is 27.8 Å². The topological polar surface area (TPSA) is 86.8 Å². The van der Waals surface area contributed by atoms with E-state index in [0.717, 1.165) is 15.4 Å². The maximum absolute atomic E-state index is 14.0. The molecule has 0 aliphatic rings. The molecule has 0 saturated carbocycles.